The van der Waals surface area contributed by atoms with E-state index in [1.165, 1.54) is 17.0 Å². The standard InChI is InChI=1S/C24H39N3O5S/c1-20(2)32-24(28)26-13-11-21(12-14-26)6-4-5-19-31-23-9-7-22(8-10-23)25-15-17-27(18-16-25)33(3,29)30/h7-10,20-21H,4-6,11-19H2,1-3H3. The first kappa shape index (κ1) is 25.6. The fourth-order valence-electron chi connectivity index (χ4n) is 4.44. The third-order valence-electron chi connectivity index (χ3n) is 6.39. The van der Waals surface area contributed by atoms with Crippen molar-refractivity contribution < 1.29 is 22.7 Å². The number of sulfonamides is 1. The van der Waals surface area contributed by atoms with Gasteiger partial charge in [0.25, 0.3) is 0 Å². The van der Waals surface area contributed by atoms with Crippen LogP contribution >= 0.6 is 0 Å². The molecule has 0 unspecified atom stereocenters. The monoisotopic (exact) mass is 481 g/mol. The van der Waals surface area contributed by atoms with Gasteiger partial charge in [-0.15, -0.1) is 0 Å². The molecule has 0 atom stereocenters. The summed E-state index contributed by atoms with van der Waals surface area (Å²) in [5, 5.41) is 0. The highest BCUT2D eigenvalue weighted by molar-refractivity contribution is 7.88. The van der Waals surface area contributed by atoms with E-state index in [4.69, 9.17) is 9.47 Å². The molecule has 186 valence electrons. The van der Waals surface area contributed by atoms with Crippen LogP contribution in [0.15, 0.2) is 24.3 Å². The highest BCUT2D eigenvalue weighted by Gasteiger charge is 2.24. The van der Waals surface area contributed by atoms with Crippen molar-refractivity contribution in [2.24, 2.45) is 5.92 Å². The maximum atomic E-state index is 12.0. The zero-order chi connectivity index (χ0) is 23.8. The lowest BCUT2D eigenvalue weighted by atomic mass is 9.92. The van der Waals surface area contributed by atoms with E-state index in [1.54, 1.807) is 0 Å². The van der Waals surface area contributed by atoms with Crippen LogP contribution in [0.25, 0.3) is 0 Å². The number of piperidine rings is 1. The van der Waals surface area contributed by atoms with Gasteiger partial charge in [-0.25, -0.2) is 13.2 Å². The van der Waals surface area contributed by atoms with E-state index in [9.17, 15) is 13.2 Å². The van der Waals surface area contributed by atoms with Crippen LogP contribution in [0.3, 0.4) is 0 Å². The number of benzene rings is 1. The van der Waals surface area contributed by atoms with Crippen molar-refractivity contribution in [2.45, 2.75) is 52.1 Å². The van der Waals surface area contributed by atoms with Gasteiger partial charge in [0.2, 0.25) is 10.0 Å². The average Bonchev–Trinajstić information content (AvgIpc) is 2.79. The first-order valence-corrected chi connectivity index (χ1v) is 14.0. The van der Waals surface area contributed by atoms with E-state index in [0.29, 0.717) is 38.7 Å². The summed E-state index contributed by atoms with van der Waals surface area (Å²) in [4.78, 5) is 16.0. The lowest BCUT2D eigenvalue weighted by molar-refractivity contribution is 0.0645. The van der Waals surface area contributed by atoms with Crippen molar-refractivity contribution >= 4 is 21.8 Å². The molecule has 2 heterocycles. The maximum absolute atomic E-state index is 12.0. The molecule has 1 amide bonds. The Hall–Kier alpha value is -2.00. The Morgan fingerprint density at radius 1 is 1.00 bits per heavy atom. The molecule has 0 spiro atoms. The number of hydrogen-bond donors (Lipinski definition) is 0. The largest absolute Gasteiger partial charge is 0.494 e. The number of hydrogen-bond acceptors (Lipinski definition) is 6. The maximum Gasteiger partial charge on any atom is 0.410 e. The number of likely N-dealkylation sites (tertiary alicyclic amines) is 1. The first-order chi connectivity index (χ1) is 15.7. The molecule has 33 heavy (non-hydrogen) atoms. The highest BCUT2D eigenvalue weighted by Crippen LogP contribution is 2.24. The van der Waals surface area contributed by atoms with E-state index >= 15 is 0 Å². The second-order valence-corrected chi connectivity index (χ2v) is 11.3. The summed E-state index contributed by atoms with van der Waals surface area (Å²) in [5.74, 6) is 1.54. The minimum atomic E-state index is -3.10. The van der Waals surface area contributed by atoms with Crippen molar-refractivity contribution in [1.82, 2.24) is 9.21 Å². The molecule has 2 aliphatic rings. The van der Waals surface area contributed by atoms with Gasteiger partial charge in [0.15, 0.2) is 0 Å². The number of unbranched alkanes of at least 4 members (excludes halogenated alkanes) is 1. The SMILES string of the molecule is CC(C)OC(=O)N1CCC(CCCCOc2ccc(N3CCN(S(C)(=O)=O)CC3)cc2)CC1. The molecular weight excluding hydrogens is 442 g/mol. The number of nitrogens with zero attached hydrogens (tertiary/aromatic N) is 3. The normalized spacial score (nSPS) is 18.5. The second kappa shape index (κ2) is 11.9. The highest BCUT2D eigenvalue weighted by atomic mass is 32.2. The van der Waals surface area contributed by atoms with Crippen LogP contribution in [0.2, 0.25) is 0 Å². The summed E-state index contributed by atoms with van der Waals surface area (Å²) < 4.78 is 36.0. The Kier molecular flexibility index (Phi) is 9.26. The van der Waals surface area contributed by atoms with Crippen molar-refractivity contribution in [3.8, 4) is 5.75 Å². The van der Waals surface area contributed by atoms with Crippen LogP contribution < -0.4 is 9.64 Å². The number of carbonyl (C=O) groups is 1. The average molecular weight is 482 g/mol. The summed E-state index contributed by atoms with van der Waals surface area (Å²) in [6.07, 6.45) is 6.44. The summed E-state index contributed by atoms with van der Waals surface area (Å²) in [7, 11) is -3.10. The molecule has 2 fully saturated rings. The summed E-state index contributed by atoms with van der Waals surface area (Å²) >= 11 is 0. The third kappa shape index (κ3) is 8.07. The Balaban J connectivity index is 1.29. The fraction of sp³-hybridized carbons (Fsp3) is 0.708. The molecule has 1 aromatic rings. The second-order valence-electron chi connectivity index (χ2n) is 9.35. The van der Waals surface area contributed by atoms with Crippen LogP contribution in [0.1, 0.15) is 46.0 Å². The Bertz CT molecular complexity index is 843. The van der Waals surface area contributed by atoms with Crippen LogP contribution in [0.4, 0.5) is 10.5 Å². The predicted molar refractivity (Wildman–Crippen MR) is 130 cm³/mol. The molecule has 0 N–H and O–H groups in total. The lowest BCUT2D eigenvalue weighted by Crippen LogP contribution is -2.48. The van der Waals surface area contributed by atoms with E-state index < -0.39 is 10.0 Å². The van der Waals surface area contributed by atoms with Gasteiger partial charge < -0.3 is 19.3 Å². The zero-order valence-corrected chi connectivity index (χ0v) is 21.1. The van der Waals surface area contributed by atoms with E-state index in [0.717, 1.165) is 50.2 Å². The molecule has 0 bridgehead atoms. The van der Waals surface area contributed by atoms with Crippen molar-refractivity contribution in [1.29, 1.82) is 0 Å². The van der Waals surface area contributed by atoms with Crippen LogP contribution in [0, 0.1) is 5.92 Å². The molecule has 0 saturated carbocycles. The number of rotatable bonds is 9. The number of carbonyl (C=O) groups excluding carboxylic acids is 1. The minimum absolute atomic E-state index is 0.0657. The van der Waals surface area contributed by atoms with Gasteiger partial charge in [-0.05, 0) is 69.7 Å². The summed E-state index contributed by atoms with van der Waals surface area (Å²) in [5.41, 5.74) is 1.10. The van der Waals surface area contributed by atoms with Gasteiger partial charge in [-0.2, -0.15) is 4.31 Å². The number of piperazine rings is 1. The smallest absolute Gasteiger partial charge is 0.410 e. The van der Waals surface area contributed by atoms with Crippen LogP contribution in [0.5, 0.6) is 5.75 Å². The summed E-state index contributed by atoms with van der Waals surface area (Å²) in [6.45, 7) is 8.50. The van der Waals surface area contributed by atoms with Gasteiger partial charge in [0, 0.05) is 45.0 Å². The predicted octanol–water partition coefficient (Wildman–Crippen LogP) is 3.57. The van der Waals surface area contributed by atoms with Crippen LogP contribution in [-0.4, -0.2) is 82.0 Å². The molecule has 0 aliphatic carbocycles. The minimum Gasteiger partial charge on any atom is -0.494 e. The van der Waals surface area contributed by atoms with Crippen molar-refractivity contribution in [2.75, 3.05) is 57.0 Å². The van der Waals surface area contributed by atoms with Gasteiger partial charge in [0.1, 0.15) is 5.75 Å². The van der Waals surface area contributed by atoms with E-state index in [2.05, 4.69) is 4.90 Å². The van der Waals surface area contributed by atoms with Crippen molar-refractivity contribution in [3.05, 3.63) is 24.3 Å². The molecule has 1 aromatic carbocycles. The number of anilines is 1. The Morgan fingerprint density at radius 3 is 2.21 bits per heavy atom. The van der Waals surface area contributed by atoms with Gasteiger partial charge in [0.05, 0.1) is 19.0 Å². The topological polar surface area (TPSA) is 79.4 Å². The molecule has 0 radical (unpaired) electrons. The molecule has 2 saturated heterocycles. The lowest BCUT2D eigenvalue weighted by Gasteiger charge is -2.34. The van der Waals surface area contributed by atoms with E-state index in [1.807, 2.05) is 43.0 Å². The summed E-state index contributed by atoms with van der Waals surface area (Å²) in [6, 6.07) is 8.07. The molecule has 8 nitrogen and oxygen atoms in total. The molecule has 3 rings (SSSR count). The van der Waals surface area contributed by atoms with Gasteiger partial charge in [-0.1, -0.05) is 6.42 Å². The first-order valence-electron chi connectivity index (χ1n) is 12.1. The molecule has 2 aliphatic heterocycles. The zero-order valence-electron chi connectivity index (χ0n) is 20.2. The number of ether oxygens (including phenoxy) is 2. The fourth-order valence-corrected chi connectivity index (χ4v) is 5.26. The third-order valence-corrected chi connectivity index (χ3v) is 7.70. The number of amides is 1. The molecule has 0 aromatic heterocycles. The van der Waals surface area contributed by atoms with Crippen molar-refractivity contribution in [3.63, 3.8) is 0 Å². The Morgan fingerprint density at radius 2 is 1.64 bits per heavy atom. The quantitative estimate of drug-likeness (QED) is 0.502. The van der Waals surface area contributed by atoms with Gasteiger partial charge in [-0.3, -0.25) is 0 Å². The molecule has 9 heteroatoms. The van der Waals surface area contributed by atoms with E-state index in [-0.39, 0.29) is 12.2 Å². The van der Waals surface area contributed by atoms with Gasteiger partial charge >= 0.3 is 6.09 Å². The Labute approximate surface area is 198 Å². The molecular formula is C24H39N3O5S. The van der Waals surface area contributed by atoms with Crippen LogP contribution in [-0.2, 0) is 14.8 Å².